The molecule has 0 radical (unpaired) electrons. The van der Waals surface area contributed by atoms with Gasteiger partial charge in [-0.2, -0.15) is 0 Å². The van der Waals surface area contributed by atoms with Gasteiger partial charge in [-0.15, -0.1) is 24.0 Å². The molecule has 3 unspecified atom stereocenters. The number of halogens is 1. The summed E-state index contributed by atoms with van der Waals surface area (Å²) < 4.78 is 5.69. The van der Waals surface area contributed by atoms with Gasteiger partial charge in [-0.3, -0.25) is 9.89 Å². The van der Waals surface area contributed by atoms with Crippen LogP contribution in [0.5, 0.6) is 0 Å². The second-order valence-corrected chi connectivity index (χ2v) is 9.33. The van der Waals surface area contributed by atoms with E-state index in [1.165, 1.54) is 64.5 Å². The van der Waals surface area contributed by atoms with Gasteiger partial charge in [0.1, 0.15) is 0 Å². The molecule has 2 aliphatic heterocycles. The Labute approximate surface area is 188 Å². The van der Waals surface area contributed by atoms with Gasteiger partial charge >= 0.3 is 0 Å². The number of aliphatic imine (C=N–C) groups is 1. The lowest BCUT2D eigenvalue weighted by Crippen LogP contribution is -2.54. The summed E-state index contributed by atoms with van der Waals surface area (Å²) in [6.07, 6.45) is 13.4. The molecule has 2 heterocycles. The summed E-state index contributed by atoms with van der Waals surface area (Å²) in [5.74, 6) is 3.03. The minimum absolute atomic E-state index is 0. The zero-order valence-electron chi connectivity index (χ0n) is 17.8. The molecule has 4 fully saturated rings. The van der Waals surface area contributed by atoms with Gasteiger partial charge in [-0.25, -0.2) is 0 Å². The van der Waals surface area contributed by atoms with Gasteiger partial charge < -0.3 is 15.4 Å². The molecule has 0 aromatic rings. The van der Waals surface area contributed by atoms with E-state index in [-0.39, 0.29) is 29.5 Å². The first-order valence-corrected chi connectivity index (χ1v) is 11.7. The quantitative estimate of drug-likeness (QED) is 0.340. The number of rotatable bonds is 5. The molecule has 3 atom stereocenters. The van der Waals surface area contributed by atoms with Gasteiger partial charge in [0.05, 0.1) is 6.54 Å². The molecule has 2 saturated heterocycles. The van der Waals surface area contributed by atoms with Crippen molar-refractivity contribution in [1.29, 1.82) is 0 Å². The van der Waals surface area contributed by atoms with Gasteiger partial charge in [0.25, 0.3) is 0 Å². The monoisotopic (exact) mass is 504 g/mol. The average Bonchev–Trinajstić information content (AvgIpc) is 3.39. The summed E-state index contributed by atoms with van der Waals surface area (Å²) in [5.41, 5.74) is 0.222. The largest absolute Gasteiger partial charge is 0.381 e. The van der Waals surface area contributed by atoms with Crippen LogP contribution >= 0.6 is 24.0 Å². The number of nitrogens with zero attached hydrogens (tertiary/aromatic N) is 2. The predicted octanol–water partition coefficient (Wildman–Crippen LogP) is 3.77. The number of ether oxygens (including phenoxy) is 1. The zero-order chi connectivity index (χ0) is 18.5. The number of nitrogens with one attached hydrogen (secondary N) is 2. The van der Waals surface area contributed by atoms with Crippen LogP contribution in [0.3, 0.4) is 0 Å². The van der Waals surface area contributed by atoms with E-state index in [2.05, 4.69) is 22.5 Å². The summed E-state index contributed by atoms with van der Waals surface area (Å²) in [4.78, 5) is 7.85. The van der Waals surface area contributed by atoms with E-state index in [0.29, 0.717) is 6.04 Å². The third-order valence-electron chi connectivity index (χ3n) is 7.71. The lowest BCUT2D eigenvalue weighted by Gasteiger charge is -2.43. The molecule has 0 amide bonds. The van der Waals surface area contributed by atoms with Gasteiger partial charge in [0.2, 0.25) is 0 Å². The van der Waals surface area contributed by atoms with Crippen molar-refractivity contribution in [2.75, 3.05) is 39.4 Å². The van der Waals surface area contributed by atoms with Crippen LogP contribution in [0.15, 0.2) is 4.99 Å². The number of guanidine groups is 1. The highest BCUT2D eigenvalue weighted by molar-refractivity contribution is 14.0. The highest BCUT2D eigenvalue weighted by atomic mass is 127. The summed E-state index contributed by atoms with van der Waals surface area (Å²) in [7, 11) is 0. The number of fused-ring (bicyclic) bond motifs is 1. The van der Waals surface area contributed by atoms with Crippen molar-refractivity contribution in [3.05, 3.63) is 0 Å². The first kappa shape index (κ1) is 22.6. The second kappa shape index (κ2) is 10.8. The van der Waals surface area contributed by atoms with Crippen LogP contribution in [0.1, 0.15) is 71.1 Å². The minimum atomic E-state index is 0. The maximum absolute atomic E-state index is 5.69. The Hall–Kier alpha value is -0.0800. The molecule has 0 bridgehead atoms. The topological polar surface area (TPSA) is 48.9 Å². The van der Waals surface area contributed by atoms with Crippen molar-refractivity contribution in [3.63, 3.8) is 0 Å². The highest BCUT2D eigenvalue weighted by Gasteiger charge is 2.40. The standard InChI is InChI=1S/C22H40N4O.HI/c1-2-23-21(25-20-9-8-18-6-5-7-19(18)16-20)24-17-22(10-14-27-15-11-22)26-12-3-4-13-26;/h18-20H,2-17H2,1H3,(H2,23,24,25);1H. The first-order chi connectivity index (χ1) is 13.3. The van der Waals surface area contributed by atoms with E-state index in [1.807, 2.05) is 0 Å². The van der Waals surface area contributed by atoms with E-state index >= 15 is 0 Å². The molecule has 28 heavy (non-hydrogen) atoms. The molecule has 0 aromatic carbocycles. The van der Waals surface area contributed by atoms with Gasteiger partial charge in [-0.1, -0.05) is 19.3 Å². The molecule has 6 heteroatoms. The molecule has 162 valence electrons. The van der Waals surface area contributed by atoms with Crippen LogP contribution in [-0.2, 0) is 4.74 Å². The van der Waals surface area contributed by atoms with E-state index < -0.39 is 0 Å². The maximum Gasteiger partial charge on any atom is 0.191 e. The molecule has 4 aliphatic rings. The van der Waals surface area contributed by atoms with Crippen LogP contribution in [0, 0.1) is 11.8 Å². The molecule has 2 N–H and O–H groups in total. The fourth-order valence-corrected chi connectivity index (χ4v) is 6.09. The Kier molecular flexibility index (Phi) is 8.72. The summed E-state index contributed by atoms with van der Waals surface area (Å²) in [5, 5.41) is 7.33. The Morgan fingerprint density at radius 3 is 2.54 bits per heavy atom. The van der Waals surface area contributed by atoms with Crippen LogP contribution in [0.25, 0.3) is 0 Å². The first-order valence-electron chi connectivity index (χ1n) is 11.7. The summed E-state index contributed by atoms with van der Waals surface area (Å²) in [6.45, 7) is 8.28. The van der Waals surface area contributed by atoms with Gasteiger partial charge in [0.15, 0.2) is 5.96 Å². The molecule has 0 aromatic heterocycles. The summed E-state index contributed by atoms with van der Waals surface area (Å²) >= 11 is 0. The van der Waals surface area contributed by atoms with Crippen LogP contribution in [0.2, 0.25) is 0 Å². The second-order valence-electron chi connectivity index (χ2n) is 9.33. The fourth-order valence-electron chi connectivity index (χ4n) is 6.09. The third kappa shape index (κ3) is 5.34. The minimum Gasteiger partial charge on any atom is -0.381 e. The Morgan fingerprint density at radius 2 is 1.79 bits per heavy atom. The average molecular weight is 505 g/mol. The van der Waals surface area contributed by atoms with Crippen LogP contribution < -0.4 is 10.6 Å². The van der Waals surface area contributed by atoms with Crippen molar-refractivity contribution < 1.29 is 4.74 Å². The van der Waals surface area contributed by atoms with Gasteiger partial charge in [0, 0.05) is 31.3 Å². The lowest BCUT2D eigenvalue weighted by molar-refractivity contribution is -0.0139. The van der Waals surface area contributed by atoms with E-state index in [0.717, 1.165) is 56.9 Å². The molecule has 5 nitrogen and oxygen atoms in total. The van der Waals surface area contributed by atoms with Crippen LogP contribution in [-0.4, -0.2) is 61.8 Å². The van der Waals surface area contributed by atoms with Crippen molar-refractivity contribution in [3.8, 4) is 0 Å². The number of likely N-dealkylation sites (tertiary alicyclic amines) is 1. The molecule has 0 spiro atoms. The van der Waals surface area contributed by atoms with Crippen molar-refractivity contribution in [2.45, 2.75) is 82.7 Å². The third-order valence-corrected chi connectivity index (χ3v) is 7.71. The van der Waals surface area contributed by atoms with E-state index in [1.54, 1.807) is 0 Å². The van der Waals surface area contributed by atoms with E-state index in [4.69, 9.17) is 9.73 Å². The number of hydrogen-bond donors (Lipinski definition) is 2. The van der Waals surface area contributed by atoms with E-state index in [9.17, 15) is 0 Å². The fraction of sp³-hybridized carbons (Fsp3) is 0.955. The molecule has 2 aliphatic carbocycles. The predicted molar refractivity (Wildman–Crippen MR) is 127 cm³/mol. The summed E-state index contributed by atoms with van der Waals surface area (Å²) in [6, 6.07) is 0.611. The highest BCUT2D eigenvalue weighted by Crippen LogP contribution is 2.42. The molecule has 4 rings (SSSR count). The maximum atomic E-state index is 5.69. The van der Waals surface area contributed by atoms with Crippen molar-refractivity contribution in [2.24, 2.45) is 16.8 Å². The smallest absolute Gasteiger partial charge is 0.191 e. The molecular weight excluding hydrogens is 463 g/mol. The molecular formula is C22H41IN4O. The lowest BCUT2D eigenvalue weighted by atomic mass is 9.79. The Morgan fingerprint density at radius 1 is 1.04 bits per heavy atom. The van der Waals surface area contributed by atoms with Crippen LogP contribution in [0.4, 0.5) is 0 Å². The normalized spacial score (nSPS) is 33.2. The van der Waals surface area contributed by atoms with Crippen molar-refractivity contribution >= 4 is 29.9 Å². The van der Waals surface area contributed by atoms with Gasteiger partial charge in [-0.05, 0) is 76.8 Å². The zero-order valence-corrected chi connectivity index (χ0v) is 20.1. The SMILES string of the molecule is CCNC(=NCC1(N2CCCC2)CCOCC1)NC1CCC2CCCC2C1.I. The molecule has 2 saturated carbocycles. The Bertz CT molecular complexity index is 503. The van der Waals surface area contributed by atoms with Crippen molar-refractivity contribution in [1.82, 2.24) is 15.5 Å². The number of hydrogen-bond acceptors (Lipinski definition) is 3. The Balaban J connectivity index is 0.00000225.